The fourth-order valence-corrected chi connectivity index (χ4v) is 6.17. The van der Waals surface area contributed by atoms with Crippen LogP contribution in [0.5, 0.6) is 11.5 Å². The lowest BCUT2D eigenvalue weighted by molar-refractivity contribution is -0.132. The predicted octanol–water partition coefficient (Wildman–Crippen LogP) is 5.98. The highest BCUT2D eigenvalue weighted by Crippen LogP contribution is 2.40. The summed E-state index contributed by atoms with van der Waals surface area (Å²) in [5.74, 6) is 0.812. The Labute approximate surface area is 245 Å². The van der Waals surface area contributed by atoms with Gasteiger partial charge < -0.3 is 30.1 Å². The number of nitrogens with zero attached hydrogens (tertiary/aromatic N) is 1. The molecule has 3 N–H and O–H groups in total. The molecular weight excluding hydrogens is 534 g/mol. The fourth-order valence-electron chi connectivity index (χ4n) is 6.17. The van der Waals surface area contributed by atoms with Crippen LogP contribution < -0.4 is 20.1 Å². The molecule has 1 saturated heterocycles. The number of fused-ring (bicyclic) bond motifs is 1. The number of aromatic carboxylic acids is 1. The summed E-state index contributed by atoms with van der Waals surface area (Å²) in [5.41, 5.74) is 3.23. The number of nitrogens with one attached hydrogen (secondary N) is 2. The number of carbonyl (C=O) groups excluding carboxylic acids is 2. The number of likely N-dealkylation sites (tertiary alicyclic amines) is 1. The molecule has 1 heterocycles. The van der Waals surface area contributed by atoms with E-state index in [1.807, 2.05) is 42.2 Å². The average Bonchev–Trinajstić information content (AvgIpc) is 3.37. The molecule has 3 aromatic rings. The van der Waals surface area contributed by atoms with E-state index in [1.54, 1.807) is 24.3 Å². The molecule has 3 aromatic carbocycles. The zero-order valence-corrected chi connectivity index (χ0v) is 24.0. The fraction of sp³-hybridized carbons (Fsp3) is 0.364. The number of aryl methyl sites for hydroxylation is 1. The maximum Gasteiger partial charge on any atom is 0.335 e. The minimum Gasteiger partial charge on any atom is -0.495 e. The second-order valence-electron chi connectivity index (χ2n) is 11.1. The third-order valence-corrected chi connectivity index (χ3v) is 8.37. The Morgan fingerprint density at radius 1 is 0.952 bits per heavy atom. The number of rotatable bonds is 9. The Balaban J connectivity index is 1.21. The number of anilines is 2. The summed E-state index contributed by atoms with van der Waals surface area (Å²) in [6.07, 6.45) is 4.55. The first-order valence-electron chi connectivity index (χ1n) is 14.4. The van der Waals surface area contributed by atoms with Crippen molar-refractivity contribution in [2.75, 3.05) is 30.9 Å². The third-order valence-electron chi connectivity index (χ3n) is 8.37. The number of urea groups is 1. The van der Waals surface area contributed by atoms with Crippen LogP contribution in [0, 0.1) is 18.8 Å². The normalized spacial score (nSPS) is 19.5. The number of benzene rings is 3. The standard InChI is InChI=1S/C33H37N3O6/c1-21-7-3-5-9-27(21)34-33(40)35-28-16-11-22(17-30(28)41-2)18-31(37)36-19-24(26-8-4-6-10-29(26)36)20-42-25-14-12-23(13-15-25)32(38)39/h3,5,7,9,11-17,24,26,29H,4,6,8,10,18-20H2,1-2H3,(H,38,39)(H2,34,35,40). The largest absolute Gasteiger partial charge is 0.495 e. The van der Waals surface area contributed by atoms with Crippen molar-refractivity contribution in [3.63, 3.8) is 0 Å². The zero-order valence-electron chi connectivity index (χ0n) is 24.0. The van der Waals surface area contributed by atoms with Crippen molar-refractivity contribution in [2.45, 2.75) is 45.1 Å². The molecule has 0 bridgehead atoms. The molecule has 0 spiro atoms. The van der Waals surface area contributed by atoms with Gasteiger partial charge in [-0.3, -0.25) is 4.79 Å². The van der Waals surface area contributed by atoms with Gasteiger partial charge in [-0.2, -0.15) is 0 Å². The van der Waals surface area contributed by atoms with Gasteiger partial charge in [0.2, 0.25) is 5.91 Å². The number of methoxy groups -OCH3 is 1. The number of carboxylic acid groups (broad SMARTS) is 1. The van der Waals surface area contributed by atoms with E-state index in [9.17, 15) is 14.4 Å². The van der Waals surface area contributed by atoms with Gasteiger partial charge in [0.05, 0.1) is 31.4 Å². The predicted molar refractivity (Wildman–Crippen MR) is 160 cm³/mol. The van der Waals surface area contributed by atoms with Gasteiger partial charge in [0.1, 0.15) is 11.5 Å². The highest BCUT2D eigenvalue weighted by atomic mass is 16.5. The van der Waals surface area contributed by atoms with Crippen LogP contribution in [0.15, 0.2) is 66.7 Å². The van der Waals surface area contributed by atoms with Crippen LogP contribution in [-0.2, 0) is 11.2 Å². The molecule has 3 atom stereocenters. The molecule has 1 aliphatic carbocycles. The number of para-hydroxylation sites is 1. The van der Waals surface area contributed by atoms with E-state index in [0.29, 0.717) is 36.3 Å². The lowest BCUT2D eigenvalue weighted by atomic mass is 9.80. The first-order chi connectivity index (χ1) is 20.3. The zero-order chi connectivity index (χ0) is 29.6. The maximum absolute atomic E-state index is 13.6. The summed E-state index contributed by atoms with van der Waals surface area (Å²) in [5, 5.41) is 14.8. The van der Waals surface area contributed by atoms with Crippen molar-refractivity contribution in [1.82, 2.24) is 4.90 Å². The van der Waals surface area contributed by atoms with Gasteiger partial charge in [-0.15, -0.1) is 0 Å². The SMILES string of the molecule is COc1cc(CC(=O)N2CC(COc3ccc(C(=O)O)cc3)C3CCCCC32)ccc1NC(=O)Nc1ccccc1C. The van der Waals surface area contributed by atoms with Crippen LogP contribution in [0.2, 0.25) is 0 Å². The van der Waals surface area contributed by atoms with Crippen molar-refractivity contribution in [1.29, 1.82) is 0 Å². The molecule has 42 heavy (non-hydrogen) atoms. The summed E-state index contributed by atoms with van der Waals surface area (Å²) in [4.78, 5) is 39.4. The number of ether oxygens (including phenoxy) is 2. The molecule has 220 valence electrons. The van der Waals surface area contributed by atoms with E-state index in [-0.39, 0.29) is 35.9 Å². The van der Waals surface area contributed by atoms with Crippen LogP contribution in [0.3, 0.4) is 0 Å². The number of carbonyl (C=O) groups is 3. The quantitative estimate of drug-likeness (QED) is 0.291. The molecule has 2 fully saturated rings. The van der Waals surface area contributed by atoms with Crippen LogP contribution >= 0.6 is 0 Å². The monoisotopic (exact) mass is 571 g/mol. The first-order valence-corrected chi connectivity index (χ1v) is 14.4. The molecule has 0 aromatic heterocycles. The molecule has 0 radical (unpaired) electrons. The lowest BCUT2D eigenvalue weighted by Gasteiger charge is -2.32. The number of hydrogen-bond acceptors (Lipinski definition) is 5. The number of amides is 3. The van der Waals surface area contributed by atoms with Crippen molar-refractivity contribution < 1.29 is 29.0 Å². The third kappa shape index (κ3) is 6.67. The maximum atomic E-state index is 13.6. The Morgan fingerprint density at radius 2 is 1.69 bits per heavy atom. The second kappa shape index (κ2) is 13.0. The van der Waals surface area contributed by atoms with Crippen molar-refractivity contribution in [3.8, 4) is 11.5 Å². The molecule has 2 aliphatic rings. The van der Waals surface area contributed by atoms with E-state index in [1.165, 1.54) is 19.2 Å². The molecule has 3 unspecified atom stereocenters. The van der Waals surface area contributed by atoms with Gasteiger partial charge in [0, 0.05) is 24.2 Å². The van der Waals surface area contributed by atoms with Crippen LogP contribution in [0.4, 0.5) is 16.2 Å². The van der Waals surface area contributed by atoms with Gasteiger partial charge in [-0.25, -0.2) is 9.59 Å². The van der Waals surface area contributed by atoms with E-state index in [2.05, 4.69) is 10.6 Å². The summed E-state index contributed by atoms with van der Waals surface area (Å²) in [7, 11) is 1.54. The van der Waals surface area contributed by atoms with Gasteiger partial charge in [-0.1, -0.05) is 37.1 Å². The highest BCUT2D eigenvalue weighted by Gasteiger charge is 2.44. The van der Waals surface area contributed by atoms with E-state index in [0.717, 1.165) is 42.5 Å². The highest BCUT2D eigenvalue weighted by molar-refractivity contribution is 6.01. The van der Waals surface area contributed by atoms with Crippen molar-refractivity contribution >= 4 is 29.3 Å². The van der Waals surface area contributed by atoms with E-state index >= 15 is 0 Å². The van der Waals surface area contributed by atoms with Crippen LogP contribution in [0.25, 0.3) is 0 Å². The summed E-state index contributed by atoms with van der Waals surface area (Å²) in [6, 6.07) is 19.2. The minimum absolute atomic E-state index is 0.0697. The lowest BCUT2D eigenvalue weighted by Crippen LogP contribution is -2.40. The molecule has 1 saturated carbocycles. The smallest absolute Gasteiger partial charge is 0.335 e. The van der Waals surface area contributed by atoms with Gasteiger partial charge >= 0.3 is 12.0 Å². The van der Waals surface area contributed by atoms with Crippen molar-refractivity contribution in [2.24, 2.45) is 11.8 Å². The summed E-state index contributed by atoms with van der Waals surface area (Å²) < 4.78 is 11.6. The molecule has 3 amide bonds. The Morgan fingerprint density at radius 3 is 2.43 bits per heavy atom. The van der Waals surface area contributed by atoms with Gasteiger partial charge in [0.15, 0.2) is 0 Å². The molecule has 9 nitrogen and oxygen atoms in total. The molecule has 5 rings (SSSR count). The molecular formula is C33H37N3O6. The summed E-state index contributed by atoms with van der Waals surface area (Å²) in [6.45, 7) is 3.04. The Bertz CT molecular complexity index is 1440. The average molecular weight is 572 g/mol. The molecule has 1 aliphatic heterocycles. The first kappa shape index (κ1) is 29.0. The van der Waals surface area contributed by atoms with Crippen LogP contribution in [0.1, 0.15) is 47.2 Å². The number of carboxylic acids is 1. The Hall–Kier alpha value is -4.53. The van der Waals surface area contributed by atoms with E-state index in [4.69, 9.17) is 14.6 Å². The number of hydrogen-bond donors (Lipinski definition) is 3. The van der Waals surface area contributed by atoms with Crippen molar-refractivity contribution in [3.05, 3.63) is 83.4 Å². The summed E-state index contributed by atoms with van der Waals surface area (Å²) >= 11 is 0. The molecule has 9 heteroatoms. The van der Waals surface area contributed by atoms with Gasteiger partial charge in [0.25, 0.3) is 0 Å². The topological polar surface area (TPSA) is 117 Å². The minimum atomic E-state index is -0.969. The van der Waals surface area contributed by atoms with Gasteiger partial charge in [-0.05, 0) is 79.3 Å². The van der Waals surface area contributed by atoms with E-state index < -0.39 is 5.97 Å². The Kier molecular flexibility index (Phi) is 8.95. The second-order valence-corrected chi connectivity index (χ2v) is 11.1. The van der Waals surface area contributed by atoms with Crippen LogP contribution in [-0.4, -0.2) is 54.2 Å².